The van der Waals surface area contributed by atoms with Crippen molar-refractivity contribution in [3.63, 3.8) is 0 Å². The highest BCUT2D eigenvalue weighted by Gasteiger charge is 2.73. The summed E-state index contributed by atoms with van der Waals surface area (Å²) in [6.07, 6.45) is 3.18. The number of carbonyl (C=O) groups excluding carboxylic acids is 3. The van der Waals surface area contributed by atoms with E-state index in [1.165, 1.54) is 6.26 Å². The fourth-order valence-electron chi connectivity index (χ4n) is 6.34. The van der Waals surface area contributed by atoms with E-state index in [0.717, 1.165) is 11.1 Å². The quantitative estimate of drug-likeness (QED) is 0.261. The first kappa shape index (κ1) is 21.9. The zero-order chi connectivity index (χ0) is 25.3. The van der Waals surface area contributed by atoms with Crippen LogP contribution in [0.5, 0.6) is 0 Å². The van der Waals surface area contributed by atoms with Gasteiger partial charge in [0.05, 0.1) is 24.4 Å². The zero-order valence-corrected chi connectivity index (χ0v) is 20.1. The Kier molecular flexibility index (Phi) is 4.66. The molecular weight excluding hydrogens is 488 g/mol. The number of hydrogen-bond donors (Lipinski definition) is 0. The second-order valence-electron chi connectivity index (χ2n) is 9.54. The van der Waals surface area contributed by atoms with Gasteiger partial charge in [-0.15, -0.1) is 0 Å². The topological polar surface area (TPSA) is 79.9 Å². The van der Waals surface area contributed by atoms with E-state index < -0.39 is 23.4 Å². The van der Waals surface area contributed by atoms with Gasteiger partial charge < -0.3 is 4.42 Å². The molecule has 3 aliphatic rings. The van der Waals surface area contributed by atoms with E-state index in [1.54, 1.807) is 71.9 Å². The Morgan fingerprint density at radius 3 is 2.22 bits per heavy atom. The number of rotatable bonds is 3. The summed E-state index contributed by atoms with van der Waals surface area (Å²) in [7, 11) is 0. The highest BCUT2D eigenvalue weighted by atomic mass is 35.5. The van der Waals surface area contributed by atoms with Crippen LogP contribution in [0, 0.1) is 5.41 Å². The van der Waals surface area contributed by atoms with E-state index in [4.69, 9.17) is 21.1 Å². The highest BCUT2D eigenvalue weighted by molar-refractivity contribution is 6.32. The average Bonchev–Trinajstić information content (AvgIpc) is 3.62. The van der Waals surface area contributed by atoms with Crippen molar-refractivity contribution in [2.75, 3.05) is 0 Å². The molecule has 0 radical (unpaired) electrons. The first-order valence-corrected chi connectivity index (χ1v) is 12.3. The van der Waals surface area contributed by atoms with Crippen LogP contribution in [0.1, 0.15) is 59.9 Å². The van der Waals surface area contributed by atoms with Gasteiger partial charge >= 0.3 is 0 Å². The Balaban J connectivity index is 1.54. The molecule has 3 unspecified atom stereocenters. The van der Waals surface area contributed by atoms with Gasteiger partial charge in [-0.25, -0.2) is 0 Å². The van der Waals surface area contributed by atoms with Crippen molar-refractivity contribution >= 4 is 35.2 Å². The van der Waals surface area contributed by atoms with Crippen molar-refractivity contribution in [2.24, 2.45) is 10.5 Å². The standard InChI is InChI=1S/C30H19ClN2O4/c31-19-13-11-17(12-14-19)26(34)25-24(23-10-5-15-37-23)30(28(35)21-8-3-4-9-22(21)29(30)36)27-20-7-2-1-6-18(20)16-32-33(25)27/h1-16,24-25,27H. The lowest BCUT2D eigenvalue weighted by atomic mass is 9.64. The maximum atomic E-state index is 14.5. The molecule has 1 aliphatic carbocycles. The molecule has 7 rings (SSSR count). The molecule has 3 aromatic carbocycles. The number of furan rings is 1. The van der Waals surface area contributed by atoms with Gasteiger partial charge in [-0.05, 0) is 47.5 Å². The largest absolute Gasteiger partial charge is 0.469 e. The van der Waals surface area contributed by atoms with Crippen molar-refractivity contribution < 1.29 is 18.8 Å². The highest BCUT2D eigenvalue weighted by Crippen LogP contribution is 2.64. The molecule has 0 amide bonds. The molecule has 7 heteroatoms. The lowest BCUT2D eigenvalue weighted by Crippen LogP contribution is -2.43. The number of fused-ring (bicyclic) bond motifs is 5. The van der Waals surface area contributed by atoms with Crippen molar-refractivity contribution in [1.29, 1.82) is 0 Å². The number of benzene rings is 3. The van der Waals surface area contributed by atoms with Gasteiger partial charge in [-0.3, -0.25) is 19.4 Å². The number of Topliss-reactive ketones (excluding diaryl/α,β-unsaturated/α-hetero) is 3. The van der Waals surface area contributed by atoms with E-state index in [-0.39, 0.29) is 17.3 Å². The molecule has 3 heterocycles. The molecule has 1 fully saturated rings. The zero-order valence-electron chi connectivity index (χ0n) is 19.4. The van der Waals surface area contributed by atoms with Gasteiger partial charge in [-0.2, -0.15) is 5.10 Å². The molecule has 4 aromatic rings. The Morgan fingerprint density at radius 1 is 0.865 bits per heavy atom. The predicted octanol–water partition coefficient (Wildman–Crippen LogP) is 5.74. The van der Waals surface area contributed by atoms with Crippen LogP contribution in [-0.2, 0) is 0 Å². The molecule has 0 saturated carbocycles. The van der Waals surface area contributed by atoms with Gasteiger partial charge in [0, 0.05) is 21.7 Å². The molecule has 37 heavy (non-hydrogen) atoms. The van der Waals surface area contributed by atoms with Crippen molar-refractivity contribution in [1.82, 2.24) is 5.01 Å². The SMILES string of the molecule is O=C(c1ccc(Cl)cc1)C1C(c2ccco2)C2(C(=O)c3ccccc3C2=O)C2c3ccccc3C=NN12. The van der Waals surface area contributed by atoms with Crippen LogP contribution in [0.3, 0.4) is 0 Å². The molecule has 0 bridgehead atoms. The van der Waals surface area contributed by atoms with Gasteiger partial charge in [-0.1, -0.05) is 60.1 Å². The first-order chi connectivity index (χ1) is 18.0. The molecular formula is C30H19ClN2O4. The van der Waals surface area contributed by atoms with E-state index >= 15 is 0 Å². The second-order valence-corrected chi connectivity index (χ2v) is 9.97. The van der Waals surface area contributed by atoms with Crippen LogP contribution < -0.4 is 0 Å². The maximum absolute atomic E-state index is 14.5. The fourth-order valence-corrected chi connectivity index (χ4v) is 6.46. The number of nitrogens with zero attached hydrogens (tertiary/aromatic N) is 2. The third-order valence-electron chi connectivity index (χ3n) is 7.82. The van der Waals surface area contributed by atoms with E-state index in [0.29, 0.717) is 27.5 Å². The third kappa shape index (κ3) is 2.82. The first-order valence-electron chi connectivity index (χ1n) is 12.0. The number of hydrazone groups is 1. The Bertz CT molecular complexity index is 1590. The predicted molar refractivity (Wildman–Crippen MR) is 137 cm³/mol. The molecule has 1 aromatic heterocycles. The van der Waals surface area contributed by atoms with Crippen LogP contribution >= 0.6 is 11.6 Å². The van der Waals surface area contributed by atoms with Crippen molar-refractivity contribution in [2.45, 2.75) is 18.0 Å². The maximum Gasteiger partial charge on any atom is 0.187 e. The molecule has 3 atom stereocenters. The second kappa shape index (κ2) is 7.85. The number of carbonyl (C=O) groups is 3. The third-order valence-corrected chi connectivity index (χ3v) is 8.07. The Hall–Kier alpha value is -4.29. The summed E-state index contributed by atoms with van der Waals surface area (Å²) in [5.74, 6) is -1.42. The number of ketones is 3. The summed E-state index contributed by atoms with van der Waals surface area (Å²) in [5, 5.41) is 6.85. The van der Waals surface area contributed by atoms with Crippen LogP contribution in [0.15, 0.2) is 101 Å². The van der Waals surface area contributed by atoms with Crippen LogP contribution in [0.2, 0.25) is 5.02 Å². The molecule has 0 N–H and O–H groups in total. The minimum Gasteiger partial charge on any atom is -0.469 e. The molecule has 1 saturated heterocycles. The van der Waals surface area contributed by atoms with E-state index in [1.807, 2.05) is 24.3 Å². The Morgan fingerprint density at radius 2 is 1.54 bits per heavy atom. The minimum absolute atomic E-state index is 0.270. The summed E-state index contributed by atoms with van der Waals surface area (Å²) >= 11 is 6.09. The monoisotopic (exact) mass is 506 g/mol. The van der Waals surface area contributed by atoms with Crippen molar-refractivity contribution in [3.8, 4) is 0 Å². The van der Waals surface area contributed by atoms with Gasteiger partial charge in [0.15, 0.2) is 17.3 Å². The number of hydrogen-bond acceptors (Lipinski definition) is 6. The molecule has 2 aliphatic heterocycles. The van der Waals surface area contributed by atoms with Crippen LogP contribution in [0.4, 0.5) is 0 Å². The summed E-state index contributed by atoms with van der Waals surface area (Å²) in [6.45, 7) is 0. The normalized spacial score (nSPS) is 22.7. The Labute approximate surface area is 217 Å². The van der Waals surface area contributed by atoms with Gasteiger partial charge in [0.1, 0.15) is 17.2 Å². The molecule has 180 valence electrons. The van der Waals surface area contributed by atoms with E-state index in [9.17, 15) is 14.4 Å². The smallest absolute Gasteiger partial charge is 0.187 e. The summed E-state index contributed by atoms with van der Waals surface area (Å²) < 4.78 is 5.87. The van der Waals surface area contributed by atoms with E-state index in [2.05, 4.69) is 0 Å². The average molecular weight is 507 g/mol. The molecule has 1 spiro atoms. The van der Waals surface area contributed by atoms with Crippen LogP contribution in [-0.4, -0.2) is 34.6 Å². The van der Waals surface area contributed by atoms with Gasteiger partial charge in [0.2, 0.25) is 0 Å². The fraction of sp³-hybridized carbons (Fsp3) is 0.133. The lowest BCUT2D eigenvalue weighted by Gasteiger charge is -2.36. The van der Waals surface area contributed by atoms with Crippen molar-refractivity contribution in [3.05, 3.63) is 130 Å². The summed E-state index contributed by atoms with van der Waals surface area (Å²) in [4.78, 5) is 43.2. The summed E-state index contributed by atoms with van der Waals surface area (Å²) in [6, 6.07) is 22.7. The van der Waals surface area contributed by atoms with Gasteiger partial charge in [0.25, 0.3) is 0 Å². The molecule has 6 nitrogen and oxygen atoms in total. The van der Waals surface area contributed by atoms with Crippen LogP contribution in [0.25, 0.3) is 0 Å². The lowest BCUT2D eigenvalue weighted by molar-refractivity contribution is 0.0579. The number of halogens is 1. The summed E-state index contributed by atoms with van der Waals surface area (Å²) in [5.41, 5.74) is 1.06. The minimum atomic E-state index is -1.64.